The van der Waals surface area contributed by atoms with E-state index in [9.17, 15) is 9.90 Å². The third-order valence-electron chi connectivity index (χ3n) is 4.05. The van der Waals surface area contributed by atoms with Crippen molar-refractivity contribution in [1.82, 2.24) is 9.97 Å². The first-order chi connectivity index (χ1) is 13.0. The van der Waals surface area contributed by atoms with Gasteiger partial charge in [-0.3, -0.25) is 0 Å². The monoisotopic (exact) mass is 402 g/mol. The van der Waals surface area contributed by atoms with Crippen LogP contribution in [0.1, 0.15) is 21.1 Å². The number of quaternary nitrogens is 1. The molecule has 0 aliphatic heterocycles. The van der Waals surface area contributed by atoms with Crippen molar-refractivity contribution in [2.75, 3.05) is 32.5 Å². The summed E-state index contributed by atoms with van der Waals surface area (Å²) in [5.74, 6) is 0.832. The van der Waals surface area contributed by atoms with Crippen LogP contribution in [0.4, 0.5) is 5.82 Å². The predicted molar refractivity (Wildman–Crippen MR) is 109 cm³/mol. The first-order valence-corrected chi connectivity index (χ1v) is 10.5. The van der Waals surface area contributed by atoms with E-state index in [1.165, 1.54) is 4.90 Å². The Morgan fingerprint density at radius 1 is 1.26 bits per heavy atom. The van der Waals surface area contributed by atoms with Crippen LogP contribution in [-0.2, 0) is 5.75 Å². The van der Waals surface area contributed by atoms with Crippen molar-refractivity contribution < 1.29 is 14.8 Å². The highest BCUT2D eigenvalue weighted by atomic mass is 32.2. The van der Waals surface area contributed by atoms with E-state index < -0.39 is 5.97 Å². The number of nitrogens with zero attached hydrogens (tertiary/aromatic N) is 2. The van der Waals surface area contributed by atoms with Crippen LogP contribution in [0.15, 0.2) is 35.2 Å². The number of carbonyl (C=O) groups is 1. The first-order valence-electron chi connectivity index (χ1n) is 8.68. The molecule has 3 aromatic rings. The van der Waals surface area contributed by atoms with Gasteiger partial charge in [0.05, 0.1) is 49.2 Å². The number of rotatable bonds is 8. The normalized spacial score (nSPS) is 11.3. The minimum atomic E-state index is -1.17. The average Bonchev–Trinajstić information content (AvgIpc) is 2.97. The van der Waals surface area contributed by atoms with Gasteiger partial charge in [0.25, 0.3) is 0 Å². The number of carbonyl (C=O) groups excluding carboxylic acids is 1. The molecule has 8 heteroatoms. The number of nitrogens with one attached hydrogen (secondary N) is 2. The molecule has 0 aliphatic carbocycles. The van der Waals surface area contributed by atoms with Crippen molar-refractivity contribution in [3.05, 3.63) is 46.6 Å². The van der Waals surface area contributed by atoms with Gasteiger partial charge in [0.2, 0.25) is 0 Å². The molecule has 0 fully saturated rings. The van der Waals surface area contributed by atoms with Crippen LogP contribution in [0.5, 0.6) is 0 Å². The molecule has 2 aromatic heterocycles. The lowest BCUT2D eigenvalue weighted by Crippen LogP contribution is -3.06. The molecule has 3 rings (SSSR count). The molecule has 0 radical (unpaired) electrons. The molecule has 142 valence electrons. The summed E-state index contributed by atoms with van der Waals surface area (Å²) in [5, 5.41) is 15.6. The molecule has 0 saturated carbocycles. The van der Waals surface area contributed by atoms with E-state index in [2.05, 4.69) is 29.4 Å². The lowest BCUT2D eigenvalue weighted by molar-refractivity contribution is -0.856. The van der Waals surface area contributed by atoms with Gasteiger partial charge in [0, 0.05) is 4.90 Å². The first kappa shape index (κ1) is 19.6. The van der Waals surface area contributed by atoms with Gasteiger partial charge in [-0.15, -0.1) is 23.1 Å². The maximum atomic E-state index is 11.4. The molecule has 0 saturated heterocycles. The summed E-state index contributed by atoms with van der Waals surface area (Å²) in [6, 6.07) is 10.1. The molecule has 0 bridgehead atoms. The highest BCUT2D eigenvalue weighted by molar-refractivity contribution is 7.98. The van der Waals surface area contributed by atoms with Crippen LogP contribution in [-0.4, -0.2) is 43.1 Å². The maximum absolute atomic E-state index is 11.4. The molecular formula is C19H22N4O2S2. The smallest absolute Gasteiger partial charge is 0.142 e. The second-order valence-corrected chi connectivity index (χ2v) is 8.55. The Morgan fingerprint density at radius 3 is 2.67 bits per heavy atom. The Hall–Kier alpha value is -2.16. The second-order valence-electron chi connectivity index (χ2n) is 6.50. The summed E-state index contributed by atoms with van der Waals surface area (Å²) >= 11 is 2.81. The number of anilines is 1. The minimum absolute atomic E-state index is 0.216. The number of hydrogen-bond acceptors (Lipinski definition) is 7. The van der Waals surface area contributed by atoms with E-state index >= 15 is 0 Å². The number of thiophene rings is 1. The summed E-state index contributed by atoms with van der Waals surface area (Å²) in [6.45, 7) is 3.46. The van der Waals surface area contributed by atoms with Crippen LogP contribution in [0, 0.1) is 6.92 Å². The summed E-state index contributed by atoms with van der Waals surface area (Å²) in [6.07, 6.45) is 0. The molecular weight excluding hydrogens is 380 g/mol. The summed E-state index contributed by atoms with van der Waals surface area (Å²) in [7, 11) is 4.17. The van der Waals surface area contributed by atoms with E-state index in [0.29, 0.717) is 27.8 Å². The fourth-order valence-corrected chi connectivity index (χ4v) is 4.47. The van der Waals surface area contributed by atoms with Crippen LogP contribution in [0.2, 0.25) is 0 Å². The van der Waals surface area contributed by atoms with E-state index in [1.807, 2.05) is 30.3 Å². The van der Waals surface area contributed by atoms with Gasteiger partial charge in [-0.05, 0) is 24.6 Å². The molecule has 1 aromatic carbocycles. The van der Waals surface area contributed by atoms with Crippen LogP contribution >= 0.6 is 23.1 Å². The number of carboxylic acid groups (broad SMARTS) is 1. The van der Waals surface area contributed by atoms with Gasteiger partial charge in [-0.25, -0.2) is 9.97 Å². The predicted octanol–water partition coefficient (Wildman–Crippen LogP) is 1.21. The molecule has 0 spiro atoms. The number of hydrogen-bond donors (Lipinski definition) is 2. The molecule has 0 unspecified atom stereocenters. The number of aromatic carboxylic acids is 1. The van der Waals surface area contributed by atoms with Gasteiger partial charge < -0.3 is 20.1 Å². The Balaban J connectivity index is 1.93. The van der Waals surface area contributed by atoms with Crippen molar-refractivity contribution in [2.24, 2.45) is 0 Å². The largest absolute Gasteiger partial charge is 0.544 e. The molecule has 2 N–H and O–H groups in total. The number of fused-ring (bicyclic) bond motifs is 1. The number of carboxylic acids is 1. The van der Waals surface area contributed by atoms with Crippen LogP contribution in [0.25, 0.3) is 10.2 Å². The fraction of sp³-hybridized carbons (Fsp3) is 0.316. The lowest BCUT2D eigenvalue weighted by atomic mass is 10.2. The Kier molecular flexibility index (Phi) is 6.30. The van der Waals surface area contributed by atoms with E-state index in [4.69, 9.17) is 0 Å². The van der Waals surface area contributed by atoms with Crippen molar-refractivity contribution in [2.45, 2.75) is 17.6 Å². The lowest BCUT2D eigenvalue weighted by Gasteiger charge is -2.11. The zero-order valence-corrected chi connectivity index (χ0v) is 17.2. The third kappa shape index (κ3) is 4.77. The summed E-state index contributed by atoms with van der Waals surface area (Å²) < 4.78 is 0. The van der Waals surface area contributed by atoms with Crippen molar-refractivity contribution >= 4 is 45.1 Å². The number of aryl methyl sites for hydroxylation is 1. The SMILES string of the molecule is Cc1c(C(=O)[O-])sc2nc(CSc3ccccc3)nc(NCC[NH+](C)C)c12. The number of benzene rings is 1. The quantitative estimate of drug-likeness (QED) is 0.551. The van der Waals surface area contributed by atoms with Gasteiger partial charge in [0.15, 0.2) is 0 Å². The zero-order valence-electron chi connectivity index (χ0n) is 15.5. The van der Waals surface area contributed by atoms with Crippen molar-refractivity contribution in [1.29, 1.82) is 0 Å². The Morgan fingerprint density at radius 2 is 2.00 bits per heavy atom. The average molecular weight is 403 g/mol. The number of aromatic nitrogens is 2. The second kappa shape index (κ2) is 8.69. The maximum Gasteiger partial charge on any atom is 0.142 e. The van der Waals surface area contributed by atoms with Crippen molar-refractivity contribution in [3.63, 3.8) is 0 Å². The highest BCUT2D eigenvalue weighted by Gasteiger charge is 2.17. The molecule has 2 heterocycles. The minimum Gasteiger partial charge on any atom is -0.544 e. The zero-order chi connectivity index (χ0) is 19.4. The molecule has 6 nitrogen and oxygen atoms in total. The van der Waals surface area contributed by atoms with Gasteiger partial charge in [-0.1, -0.05) is 18.2 Å². The molecule has 0 amide bonds. The summed E-state index contributed by atoms with van der Waals surface area (Å²) in [4.78, 5) is 24.1. The van der Waals surface area contributed by atoms with Crippen LogP contribution < -0.4 is 15.3 Å². The fourth-order valence-electron chi connectivity index (χ4n) is 2.67. The van der Waals surface area contributed by atoms with Crippen LogP contribution in [0.3, 0.4) is 0 Å². The van der Waals surface area contributed by atoms with Gasteiger partial charge >= 0.3 is 0 Å². The van der Waals surface area contributed by atoms with Gasteiger partial charge in [0.1, 0.15) is 16.5 Å². The topological polar surface area (TPSA) is 82.4 Å². The van der Waals surface area contributed by atoms with E-state index in [1.54, 1.807) is 18.7 Å². The third-order valence-corrected chi connectivity index (χ3v) is 6.22. The highest BCUT2D eigenvalue weighted by Crippen LogP contribution is 2.34. The molecule has 0 aliphatic rings. The standard InChI is InChI=1S/C19H22N4O2S2/c1-12-15-17(20-9-10-23(2)3)21-14(11-26-13-7-5-4-6-8-13)22-18(15)27-16(12)19(24)25/h4-8H,9-11H2,1-3H3,(H,24,25)(H,20,21,22). The molecule has 0 atom stereocenters. The Labute approximate surface area is 166 Å². The van der Waals surface area contributed by atoms with Gasteiger partial charge in [-0.2, -0.15) is 0 Å². The molecule has 27 heavy (non-hydrogen) atoms. The Bertz CT molecular complexity index is 942. The number of thioether (sulfide) groups is 1. The van der Waals surface area contributed by atoms with E-state index in [0.717, 1.165) is 34.7 Å². The van der Waals surface area contributed by atoms with E-state index in [-0.39, 0.29) is 4.88 Å². The summed E-state index contributed by atoms with van der Waals surface area (Å²) in [5.41, 5.74) is 0.664. The number of likely N-dealkylation sites (N-methyl/N-ethyl adjacent to an activating group) is 1. The van der Waals surface area contributed by atoms with Crippen molar-refractivity contribution in [3.8, 4) is 0 Å².